The predicted molar refractivity (Wildman–Crippen MR) is 100 cm³/mol. The predicted octanol–water partition coefficient (Wildman–Crippen LogP) is 4.00. The van der Waals surface area contributed by atoms with Gasteiger partial charge in [-0.2, -0.15) is 0 Å². The minimum atomic E-state index is -0.392. The van der Waals surface area contributed by atoms with Gasteiger partial charge >= 0.3 is 0 Å². The number of thiocarbonyl (C=S) groups is 1. The molecule has 2 N–H and O–H groups in total. The van der Waals surface area contributed by atoms with Crippen LogP contribution >= 0.6 is 39.7 Å². The first-order chi connectivity index (χ1) is 11.5. The summed E-state index contributed by atoms with van der Waals surface area (Å²) in [6.45, 7) is 1.03. The van der Waals surface area contributed by atoms with Crippen molar-refractivity contribution in [1.82, 2.24) is 5.32 Å². The number of anilines is 1. The number of ether oxygens (including phenoxy) is 2. The summed E-state index contributed by atoms with van der Waals surface area (Å²) in [6, 6.07) is 10.4. The van der Waals surface area contributed by atoms with E-state index in [1.807, 2.05) is 0 Å². The highest BCUT2D eigenvalue weighted by Crippen LogP contribution is 2.32. The fourth-order valence-corrected chi connectivity index (χ4v) is 2.90. The molecule has 0 spiro atoms. The molecule has 1 aliphatic rings. The zero-order chi connectivity index (χ0) is 17.1. The number of carbonyl (C=O) groups excluding carboxylic acids is 1. The average molecular weight is 428 g/mol. The monoisotopic (exact) mass is 426 g/mol. The van der Waals surface area contributed by atoms with E-state index in [1.54, 1.807) is 36.4 Å². The lowest BCUT2D eigenvalue weighted by molar-refractivity contribution is 0.0978. The molecule has 1 heterocycles. The van der Waals surface area contributed by atoms with E-state index in [0.29, 0.717) is 41.0 Å². The largest absolute Gasteiger partial charge is 0.486 e. The molecule has 0 saturated carbocycles. The smallest absolute Gasteiger partial charge is 0.258 e. The van der Waals surface area contributed by atoms with Crippen LogP contribution in [0.4, 0.5) is 5.69 Å². The quantitative estimate of drug-likeness (QED) is 0.710. The van der Waals surface area contributed by atoms with E-state index in [-0.39, 0.29) is 5.11 Å². The summed E-state index contributed by atoms with van der Waals surface area (Å²) in [5.41, 5.74) is 1.02. The van der Waals surface area contributed by atoms with Crippen LogP contribution in [0.5, 0.6) is 11.5 Å². The van der Waals surface area contributed by atoms with Crippen molar-refractivity contribution in [2.45, 2.75) is 0 Å². The molecule has 0 aromatic heterocycles. The highest BCUT2D eigenvalue weighted by molar-refractivity contribution is 9.10. The highest BCUT2D eigenvalue weighted by Gasteiger charge is 2.14. The van der Waals surface area contributed by atoms with Crippen LogP contribution in [0.15, 0.2) is 40.9 Å². The Morgan fingerprint density at radius 3 is 2.67 bits per heavy atom. The van der Waals surface area contributed by atoms with Gasteiger partial charge in [-0.25, -0.2) is 0 Å². The van der Waals surface area contributed by atoms with Gasteiger partial charge < -0.3 is 14.8 Å². The lowest BCUT2D eigenvalue weighted by atomic mass is 10.2. The molecule has 2 aromatic rings. The Morgan fingerprint density at radius 2 is 1.88 bits per heavy atom. The second kappa shape index (κ2) is 7.38. The van der Waals surface area contributed by atoms with Gasteiger partial charge in [0.05, 0.1) is 10.6 Å². The number of fused-ring (bicyclic) bond motifs is 1. The molecule has 3 rings (SSSR count). The summed E-state index contributed by atoms with van der Waals surface area (Å²) in [5.74, 6) is 0.925. The molecule has 24 heavy (non-hydrogen) atoms. The molecule has 0 aliphatic carbocycles. The first kappa shape index (κ1) is 17.0. The zero-order valence-corrected chi connectivity index (χ0v) is 15.4. The lowest BCUT2D eigenvalue weighted by Crippen LogP contribution is -2.34. The zero-order valence-electron chi connectivity index (χ0n) is 12.3. The summed E-state index contributed by atoms with van der Waals surface area (Å²) >= 11 is 14.5. The Kier molecular flexibility index (Phi) is 5.23. The number of benzene rings is 2. The molecule has 1 amide bonds. The van der Waals surface area contributed by atoms with Gasteiger partial charge in [-0.15, -0.1) is 0 Å². The number of amides is 1. The van der Waals surface area contributed by atoms with Crippen molar-refractivity contribution in [3.05, 3.63) is 51.5 Å². The van der Waals surface area contributed by atoms with E-state index in [9.17, 15) is 4.79 Å². The fourth-order valence-electron chi connectivity index (χ4n) is 2.13. The van der Waals surface area contributed by atoms with Crippen LogP contribution in [0, 0.1) is 0 Å². The molecule has 5 nitrogen and oxygen atoms in total. The summed E-state index contributed by atoms with van der Waals surface area (Å²) in [6.07, 6.45) is 0. The number of carbonyl (C=O) groups is 1. The molecule has 0 radical (unpaired) electrons. The van der Waals surface area contributed by atoms with E-state index in [4.69, 9.17) is 33.3 Å². The van der Waals surface area contributed by atoms with Crippen molar-refractivity contribution in [3.8, 4) is 11.5 Å². The van der Waals surface area contributed by atoms with Crippen LogP contribution < -0.4 is 20.1 Å². The van der Waals surface area contributed by atoms with Crippen LogP contribution in [0.25, 0.3) is 0 Å². The van der Waals surface area contributed by atoms with E-state index in [1.165, 1.54) is 0 Å². The molecule has 0 atom stereocenters. The third kappa shape index (κ3) is 3.98. The number of halogens is 2. The van der Waals surface area contributed by atoms with Crippen molar-refractivity contribution < 1.29 is 14.3 Å². The minimum Gasteiger partial charge on any atom is -0.486 e. The molecule has 0 bridgehead atoms. The van der Waals surface area contributed by atoms with Gasteiger partial charge in [0.15, 0.2) is 16.6 Å². The van der Waals surface area contributed by atoms with Crippen LogP contribution in [0.1, 0.15) is 10.4 Å². The van der Waals surface area contributed by atoms with Gasteiger partial charge in [0.2, 0.25) is 0 Å². The first-order valence-electron chi connectivity index (χ1n) is 7.00. The second-order valence-corrected chi connectivity index (χ2v) is 6.62. The van der Waals surface area contributed by atoms with Crippen molar-refractivity contribution in [1.29, 1.82) is 0 Å². The lowest BCUT2D eigenvalue weighted by Gasteiger charge is -2.19. The SMILES string of the molecule is O=C(NC(=S)Nc1ccc2c(c1)OCCO2)c1cc(Br)ccc1Cl. The van der Waals surface area contributed by atoms with Gasteiger partial charge in [-0.3, -0.25) is 10.1 Å². The molecule has 124 valence electrons. The van der Waals surface area contributed by atoms with Crippen LogP contribution in [0.3, 0.4) is 0 Å². The van der Waals surface area contributed by atoms with Crippen LogP contribution in [-0.4, -0.2) is 24.2 Å². The Labute approximate surface area is 157 Å². The number of rotatable bonds is 2. The van der Waals surface area contributed by atoms with Crippen molar-refractivity contribution in [2.24, 2.45) is 0 Å². The van der Waals surface area contributed by atoms with E-state index in [0.717, 1.165) is 4.47 Å². The Morgan fingerprint density at radius 1 is 1.12 bits per heavy atom. The third-order valence-electron chi connectivity index (χ3n) is 3.20. The number of nitrogens with one attached hydrogen (secondary N) is 2. The Hall–Kier alpha value is -1.83. The number of hydrogen-bond donors (Lipinski definition) is 2. The summed E-state index contributed by atoms with van der Waals surface area (Å²) in [4.78, 5) is 12.3. The normalized spacial score (nSPS) is 12.4. The van der Waals surface area contributed by atoms with E-state index < -0.39 is 5.91 Å². The molecule has 0 fully saturated rings. The topological polar surface area (TPSA) is 59.6 Å². The minimum absolute atomic E-state index is 0.160. The maximum atomic E-state index is 12.3. The second-order valence-electron chi connectivity index (χ2n) is 4.89. The average Bonchev–Trinajstić information content (AvgIpc) is 2.56. The highest BCUT2D eigenvalue weighted by atomic mass is 79.9. The van der Waals surface area contributed by atoms with Gasteiger partial charge in [-0.1, -0.05) is 27.5 Å². The van der Waals surface area contributed by atoms with Gasteiger partial charge in [0, 0.05) is 16.2 Å². The number of hydrogen-bond acceptors (Lipinski definition) is 4. The Balaban J connectivity index is 1.67. The van der Waals surface area contributed by atoms with Crippen molar-refractivity contribution in [3.63, 3.8) is 0 Å². The summed E-state index contributed by atoms with van der Waals surface area (Å²) in [5, 5.41) is 6.04. The van der Waals surface area contributed by atoms with Gasteiger partial charge in [-0.05, 0) is 42.5 Å². The molecule has 0 unspecified atom stereocenters. The van der Waals surface area contributed by atoms with Crippen LogP contribution in [0.2, 0.25) is 5.02 Å². The molecular weight excluding hydrogens is 416 g/mol. The summed E-state index contributed by atoms with van der Waals surface area (Å²) in [7, 11) is 0. The van der Waals surface area contributed by atoms with Crippen molar-refractivity contribution in [2.75, 3.05) is 18.5 Å². The summed E-state index contributed by atoms with van der Waals surface area (Å²) < 4.78 is 11.7. The van der Waals surface area contributed by atoms with Gasteiger partial charge in [0.25, 0.3) is 5.91 Å². The van der Waals surface area contributed by atoms with Crippen molar-refractivity contribution >= 4 is 56.5 Å². The first-order valence-corrected chi connectivity index (χ1v) is 8.58. The molecule has 8 heteroatoms. The molecule has 0 saturated heterocycles. The molecular formula is C16H12BrClN2O3S. The maximum absolute atomic E-state index is 12.3. The van der Waals surface area contributed by atoms with Gasteiger partial charge in [0.1, 0.15) is 13.2 Å². The third-order valence-corrected chi connectivity index (χ3v) is 4.23. The molecule has 1 aliphatic heterocycles. The standard InChI is InChI=1S/C16H12BrClN2O3S/c17-9-1-3-12(18)11(7-9)15(21)20-16(24)19-10-2-4-13-14(8-10)23-6-5-22-13/h1-4,7-8H,5-6H2,(H2,19,20,21,24). The van der Waals surface area contributed by atoms with Crippen LogP contribution in [-0.2, 0) is 0 Å². The maximum Gasteiger partial charge on any atom is 0.258 e. The molecule has 2 aromatic carbocycles. The Bertz CT molecular complexity index is 816. The fraction of sp³-hybridized carbons (Fsp3) is 0.125. The van der Waals surface area contributed by atoms with E-state index >= 15 is 0 Å². The van der Waals surface area contributed by atoms with E-state index in [2.05, 4.69) is 26.6 Å².